The summed E-state index contributed by atoms with van der Waals surface area (Å²) in [6.07, 6.45) is 0.895. The Morgan fingerprint density at radius 1 is 1.11 bits per heavy atom. The van der Waals surface area contributed by atoms with Crippen LogP contribution in [-0.2, 0) is 8.85 Å². The predicted octanol–water partition coefficient (Wildman–Crippen LogP) is 0.0730. The Morgan fingerprint density at radius 3 is 2.28 bits per heavy atom. The van der Waals surface area contributed by atoms with Gasteiger partial charge in [0.05, 0.1) is 0 Å². The molecule has 4 nitrogen and oxygen atoms in total. The fourth-order valence-corrected chi connectivity index (χ4v) is 5.08. The van der Waals surface area contributed by atoms with Gasteiger partial charge in [-0.1, -0.05) is 30.3 Å². The highest BCUT2D eigenvalue weighted by Gasteiger charge is 2.40. The van der Waals surface area contributed by atoms with Crippen molar-refractivity contribution in [3.63, 3.8) is 0 Å². The lowest BCUT2D eigenvalue weighted by molar-refractivity contribution is 0.203. The summed E-state index contributed by atoms with van der Waals surface area (Å²) < 4.78 is 11.7. The highest BCUT2D eigenvalue weighted by atomic mass is 28.4. The lowest BCUT2D eigenvalue weighted by atomic mass is 10.4. The van der Waals surface area contributed by atoms with E-state index < -0.39 is 8.56 Å². The number of piperazine rings is 1. The van der Waals surface area contributed by atoms with Crippen molar-refractivity contribution in [2.45, 2.75) is 0 Å². The molecule has 1 aromatic rings. The summed E-state index contributed by atoms with van der Waals surface area (Å²) in [6, 6.07) is 10.3. The van der Waals surface area contributed by atoms with E-state index in [-0.39, 0.29) is 0 Å². The minimum atomic E-state index is -2.31. The molecule has 0 aliphatic carbocycles. The van der Waals surface area contributed by atoms with Gasteiger partial charge in [0.15, 0.2) is 0 Å². The first-order chi connectivity index (χ1) is 8.80. The van der Waals surface area contributed by atoms with Crippen LogP contribution in [0.25, 0.3) is 0 Å². The van der Waals surface area contributed by atoms with Crippen LogP contribution in [0.5, 0.6) is 0 Å². The van der Waals surface area contributed by atoms with Crippen LogP contribution in [0.4, 0.5) is 0 Å². The Morgan fingerprint density at radius 2 is 1.72 bits per heavy atom. The molecule has 1 N–H and O–H groups in total. The number of nitrogens with one attached hydrogen (secondary N) is 1. The van der Waals surface area contributed by atoms with Gasteiger partial charge in [-0.2, -0.15) is 0 Å². The molecule has 0 radical (unpaired) electrons. The van der Waals surface area contributed by atoms with Gasteiger partial charge >= 0.3 is 8.56 Å². The van der Waals surface area contributed by atoms with Crippen molar-refractivity contribution in [2.24, 2.45) is 0 Å². The number of rotatable bonds is 5. The lowest BCUT2D eigenvalue weighted by Crippen LogP contribution is -2.62. The van der Waals surface area contributed by atoms with Crippen LogP contribution in [0, 0.1) is 0 Å². The molecule has 1 fully saturated rings. The molecule has 0 atom stereocenters. The summed E-state index contributed by atoms with van der Waals surface area (Å²) in [5, 5.41) is 4.57. The molecule has 1 saturated heterocycles. The summed E-state index contributed by atoms with van der Waals surface area (Å²) in [7, 11) is 1.23. The number of hydrogen-bond acceptors (Lipinski definition) is 4. The van der Waals surface area contributed by atoms with Crippen LogP contribution >= 0.6 is 0 Å². The molecule has 0 saturated carbocycles. The van der Waals surface area contributed by atoms with E-state index in [0.717, 1.165) is 32.3 Å². The van der Waals surface area contributed by atoms with Crippen LogP contribution in [0.2, 0.25) is 0 Å². The van der Waals surface area contributed by atoms with Crippen LogP contribution in [0.15, 0.2) is 30.3 Å². The van der Waals surface area contributed by atoms with E-state index >= 15 is 0 Å². The van der Waals surface area contributed by atoms with Crippen molar-refractivity contribution in [1.82, 2.24) is 10.2 Å². The summed E-state index contributed by atoms with van der Waals surface area (Å²) in [6.45, 7) is 4.22. The SMILES string of the molecule is CO[Si](CN1CCNCC1)(OC)c1ccccc1. The van der Waals surface area contributed by atoms with Crippen molar-refractivity contribution < 1.29 is 8.85 Å². The number of nitrogens with zero attached hydrogens (tertiary/aromatic N) is 1. The minimum Gasteiger partial charge on any atom is -0.394 e. The second-order valence-corrected chi connectivity index (χ2v) is 7.77. The van der Waals surface area contributed by atoms with Gasteiger partial charge in [-0.15, -0.1) is 0 Å². The van der Waals surface area contributed by atoms with Crippen molar-refractivity contribution >= 4 is 13.7 Å². The Bertz CT molecular complexity index is 351. The molecule has 1 aromatic carbocycles. The molecular weight excluding hydrogens is 244 g/mol. The second-order valence-electron chi connectivity index (χ2n) is 4.55. The van der Waals surface area contributed by atoms with Crippen molar-refractivity contribution in [1.29, 1.82) is 0 Å². The first-order valence-corrected chi connectivity index (χ1v) is 8.42. The Hall–Kier alpha value is -0.723. The summed E-state index contributed by atoms with van der Waals surface area (Å²) in [4.78, 5) is 2.43. The molecule has 5 heteroatoms. The van der Waals surface area contributed by atoms with Gasteiger partial charge in [0, 0.05) is 46.6 Å². The first-order valence-electron chi connectivity index (χ1n) is 6.39. The van der Waals surface area contributed by atoms with Gasteiger partial charge < -0.3 is 14.2 Å². The van der Waals surface area contributed by atoms with Crippen molar-refractivity contribution in [3.8, 4) is 0 Å². The van der Waals surface area contributed by atoms with Gasteiger partial charge in [-0.05, 0) is 5.19 Å². The third-order valence-electron chi connectivity index (χ3n) is 3.51. The Kier molecular flexibility index (Phi) is 4.91. The standard InChI is InChI=1S/C13H22N2O2Si/c1-16-18(17-2,13-6-4-3-5-7-13)12-15-10-8-14-9-11-15/h3-7,14H,8-12H2,1-2H3. The third-order valence-corrected chi connectivity index (χ3v) is 6.91. The molecule has 100 valence electrons. The summed E-state index contributed by atoms with van der Waals surface area (Å²) in [5.41, 5.74) is 0. The topological polar surface area (TPSA) is 33.7 Å². The molecule has 1 heterocycles. The van der Waals surface area contributed by atoms with Gasteiger partial charge in [-0.25, -0.2) is 0 Å². The zero-order valence-corrected chi connectivity index (χ0v) is 12.2. The van der Waals surface area contributed by atoms with Crippen molar-refractivity contribution in [3.05, 3.63) is 30.3 Å². The molecule has 18 heavy (non-hydrogen) atoms. The average molecular weight is 266 g/mol. The van der Waals surface area contributed by atoms with Gasteiger partial charge in [-0.3, -0.25) is 4.90 Å². The van der Waals surface area contributed by atoms with Gasteiger partial charge in [0.25, 0.3) is 0 Å². The maximum atomic E-state index is 5.83. The first kappa shape index (κ1) is 13.7. The Labute approximate surface area is 110 Å². The van der Waals surface area contributed by atoms with E-state index in [0.29, 0.717) is 0 Å². The van der Waals surface area contributed by atoms with Gasteiger partial charge in [0.1, 0.15) is 0 Å². The largest absolute Gasteiger partial charge is 0.394 e. The molecule has 1 aliphatic heterocycles. The molecule has 0 spiro atoms. The molecule has 0 unspecified atom stereocenters. The highest BCUT2D eigenvalue weighted by Crippen LogP contribution is 2.09. The van der Waals surface area contributed by atoms with Crippen LogP contribution in [0.1, 0.15) is 0 Å². The van der Waals surface area contributed by atoms with E-state index in [9.17, 15) is 0 Å². The molecule has 0 aromatic heterocycles. The van der Waals surface area contributed by atoms with Crippen LogP contribution in [0.3, 0.4) is 0 Å². The monoisotopic (exact) mass is 266 g/mol. The third kappa shape index (κ3) is 2.99. The fourth-order valence-electron chi connectivity index (χ4n) is 2.40. The quantitative estimate of drug-likeness (QED) is 0.765. The number of hydrogen-bond donors (Lipinski definition) is 1. The van der Waals surface area contributed by atoms with E-state index in [1.54, 1.807) is 14.2 Å². The second kappa shape index (κ2) is 6.45. The zero-order chi connectivity index (χ0) is 12.8. The molecule has 2 rings (SSSR count). The summed E-state index contributed by atoms with van der Waals surface area (Å²) >= 11 is 0. The maximum Gasteiger partial charge on any atom is 0.386 e. The molecular formula is C13H22N2O2Si. The Balaban J connectivity index is 2.15. The van der Waals surface area contributed by atoms with E-state index in [1.165, 1.54) is 5.19 Å². The molecule has 0 bridgehead atoms. The average Bonchev–Trinajstić information content (AvgIpc) is 2.47. The minimum absolute atomic E-state index is 0.895. The van der Waals surface area contributed by atoms with Crippen molar-refractivity contribution in [2.75, 3.05) is 46.6 Å². The molecule has 1 aliphatic rings. The smallest absolute Gasteiger partial charge is 0.386 e. The maximum absolute atomic E-state index is 5.83. The van der Waals surface area contributed by atoms with E-state index in [1.807, 2.05) is 18.2 Å². The van der Waals surface area contributed by atoms with E-state index in [4.69, 9.17) is 8.85 Å². The predicted molar refractivity (Wildman–Crippen MR) is 75.2 cm³/mol. The van der Waals surface area contributed by atoms with Gasteiger partial charge in [0.2, 0.25) is 0 Å². The lowest BCUT2D eigenvalue weighted by Gasteiger charge is -2.35. The van der Waals surface area contributed by atoms with Crippen LogP contribution < -0.4 is 10.5 Å². The summed E-state index contributed by atoms with van der Waals surface area (Å²) in [5.74, 6) is 0. The van der Waals surface area contributed by atoms with E-state index in [2.05, 4.69) is 22.3 Å². The number of benzene rings is 1. The molecule has 0 amide bonds. The van der Waals surface area contributed by atoms with Crippen LogP contribution in [-0.4, -0.2) is 60.0 Å². The zero-order valence-electron chi connectivity index (χ0n) is 11.2. The fraction of sp³-hybridized carbons (Fsp3) is 0.538. The highest BCUT2D eigenvalue weighted by molar-refractivity contribution is 6.81. The normalized spacial score (nSPS) is 17.9.